The lowest BCUT2D eigenvalue weighted by Gasteiger charge is -2.64. The summed E-state index contributed by atoms with van der Waals surface area (Å²) < 4.78 is 12.3. The summed E-state index contributed by atoms with van der Waals surface area (Å²) in [6, 6.07) is 11.6. The van der Waals surface area contributed by atoms with Gasteiger partial charge >= 0.3 is 5.97 Å². The summed E-state index contributed by atoms with van der Waals surface area (Å²) in [5, 5.41) is 49.0. The van der Waals surface area contributed by atoms with Crippen LogP contribution >= 0.6 is 0 Å². The quantitative estimate of drug-likeness (QED) is 0.189. The first-order chi connectivity index (χ1) is 25.9. The highest BCUT2D eigenvalue weighted by Crippen LogP contribution is 2.67. The van der Waals surface area contributed by atoms with Gasteiger partial charge in [0.15, 0.2) is 0 Å². The Morgan fingerprint density at radius 3 is 2.56 bits per heavy atom. The number of benzene rings is 2. The Bertz CT molecular complexity index is 2030. The minimum atomic E-state index is -1.84. The number of aliphatic hydroxyl groups is 4. The largest absolute Gasteiger partial charge is 0.496 e. The number of carbonyl (C=O) groups is 1. The zero-order valence-electron chi connectivity index (χ0n) is 32.3. The van der Waals surface area contributed by atoms with Gasteiger partial charge in [0.25, 0.3) is 0 Å². The molecule has 6 heterocycles. The second kappa shape index (κ2) is 12.3. The van der Waals surface area contributed by atoms with E-state index in [-0.39, 0.29) is 12.0 Å². The van der Waals surface area contributed by atoms with E-state index in [4.69, 9.17) is 9.47 Å². The molecule has 2 saturated heterocycles. The number of aliphatic hydroxyl groups excluding tert-OH is 2. The smallest absolute Gasteiger partial charge is 0.322 e. The normalized spacial score (nSPS) is 39.6. The van der Waals surface area contributed by atoms with Gasteiger partial charge in [0.05, 0.1) is 38.6 Å². The number of anilines is 1. The molecule has 1 spiro atoms. The van der Waals surface area contributed by atoms with Gasteiger partial charge in [0.1, 0.15) is 16.8 Å². The molecule has 1 aliphatic carbocycles. The number of para-hydroxylation sites is 1. The number of hydrogen-bond donors (Lipinski definition) is 5. The minimum Gasteiger partial charge on any atom is -0.496 e. The van der Waals surface area contributed by atoms with Crippen molar-refractivity contribution in [3.63, 3.8) is 0 Å². The van der Waals surface area contributed by atoms with Crippen molar-refractivity contribution in [2.45, 2.75) is 92.6 Å². The third-order valence-electron chi connectivity index (χ3n) is 15.2. The maximum atomic E-state index is 15.2. The number of rotatable bonds is 6. The lowest BCUT2D eigenvalue weighted by atomic mass is 9.48. The van der Waals surface area contributed by atoms with E-state index in [9.17, 15) is 20.4 Å². The number of methoxy groups -OCH3 is 2. The van der Waals surface area contributed by atoms with Gasteiger partial charge in [-0.15, -0.1) is 0 Å². The number of nitrogens with zero attached hydrogens (tertiary/aromatic N) is 3. The lowest BCUT2D eigenvalue weighted by molar-refractivity contribution is -0.213. The van der Waals surface area contributed by atoms with Gasteiger partial charge < -0.3 is 39.8 Å². The number of fused-ring (bicyclic) bond motifs is 6. The predicted molar refractivity (Wildman–Crippen MR) is 206 cm³/mol. The van der Waals surface area contributed by atoms with Gasteiger partial charge in [-0.25, -0.2) is 0 Å². The number of H-pyrrole nitrogens is 1. The third-order valence-corrected chi connectivity index (χ3v) is 15.2. The van der Waals surface area contributed by atoms with Crippen LogP contribution in [-0.4, -0.2) is 131 Å². The number of ether oxygens (including phenoxy) is 2. The average Bonchev–Trinajstić information content (AvgIpc) is 3.85. The minimum absolute atomic E-state index is 0.0470. The van der Waals surface area contributed by atoms with E-state index in [1.807, 2.05) is 37.1 Å². The van der Waals surface area contributed by atoms with Gasteiger partial charge in [-0.05, 0) is 74.2 Å². The molecule has 11 nitrogen and oxygen atoms in total. The summed E-state index contributed by atoms with van der Waals surface area (Å²) in [6.07, 6.45) is 6.50. The van der Waals surface area contributed by atoms with Crippen molar-refractivity contribution < 1.29 is 34.7 Å². The molecule has 5 aliphatic heterocycles. The number of likely N-dealkylation sites (N-methyl/N-ethyl adjacent to an activating group) is 1. The fourth-order valence-corrected chi connectivity index (χ4v) is 13.1. The number of hydrogen-bond acceptors (Lipinski definition) is 10. The van der Waals surface area contributed by atoms with Gasteiger partial charge in [0, 0.05) is 84.0 Å². The molecule has 3 fully saturated rings. The number of piperidine rings is 1. The maximum Gasteiger partial charge on any atom is 0.322 e. The molecule has 1 unspecified atom stereocenters. The van der Waals surface area contributed by atoms with E-state index in [2.05, 4.69) is 52.1 Å². The van der Waals surface area contributed by atoms with E-state index >= 15 is 4.79 Å². The highest BCUT2D eigenvalue weighted by Gasteiger charge is 2.76. The molecule has 1 aromatic heterocycles. The van der Waals surface area contributed by atoms with Crippen molar-refractivity contribution in [2.24, 2.45) is 11.3 Å². The fraction of sp³-hybridized carbons (Fsp3) is 0.605. The predicted octanol–water partition coefficient (Wildman–Crippen LogP) is 3.24. The SMILES string of the molecule is CC[C@]1(O)C[C@H]2CN(CCc3c([nH]c4ccccc34)[C@@](C(=O)OC)(c3cc4c(cc3OC)N(C)[C@H]3[C@@](O)(CO)[C@H](O)[C@]5(CC)C=CCN6CC[C@]43[C@@H]65)C2)C1. The average molecular weight is 741 g/mol. The molecule has 0 amide bonds. The van der Waals surface area contributed by atoms with E-state index in [1.165, 1.54) is 7.11 Å². The Hall–Kier alpha value is -3.45. The van der Waals surface area contributed by atoms with Gasteiger partial charge in [-0.3, -0.25) is 14.6 Å². The van der Waals surface area contributed by atoms with Crippen LogP contribution in [0.2, 0.25) is 0 Å². The van der Waals surface area contributed by atoms with Crippen molar-refractivity contribution >= 4 is 22.6 Å². The number of aromatic nitrogens is 1. The highest BCUT2D eigenvalue weighted by atomic mass is 16.5. The molecule has 2 bridgehead atoms. The first-order valence-electron chi connectivity index (χ1n) is 19.9. The van der Waals surface area contributed by atoms with Crippen LogP contribution in [0.3, 0.4) is 0 Å². The van der Waals surface area contributed by atoms with Crippen LogP contribution < -0.4 is 9.64 Å². The van der Waals surface area contributed by atoms with Gasteiger partial charge in [-0.2, -0.15) is 0 Å². The molecule has 1 saturated carbocycles. The summed E-state index contributed by atoms with van der Waals surface area (Å²) in [4.78, 5) is 25.8. The molecule has 5 N–H and O–H groups in total. The van der Waals surface area contributed by atoms with Crippen molar-refractivity contribution in [3.8, 4) is 5.75 Å². The zero-order chi connectivity index (χ0) is 38.0. The van der Waals surface area contributed by atoms with Crippen LogP contribution in [0.4, 0.5) is 5.69 Å². The van der Waals surface area contributed by atoms with E-state index in [0.717, 1.165) is 59.6 Å². The number of carbonyl (C=O) groups excluding carboxylic acids is 1. The Labute approximate surface area is 317 Å². The topological polar surface area (TPSA) is 142 Å². The maximum absolute atomic E-state index is 15.2. The van der Waals surface area contributed by atoms with Crippen LogP contribution in [0.15, 0.2) is 48.6 Å². The van der Waals surface area contributed by atoms with Crippen LogP contribution in [0.1, 0.15) is 68.3 Å². The Morgan fingerprint density at radius 1 is 1.04 bits per heavy atom. The standard InChI is InChI=1S/C43H56N4O7/c1-6-39(51)21-26-22-42(38(50)54-5,34-28(13-17-46(23-26)24-39)27-11-8-9-12-31(27)44-34)30-19-29-32(20-33(30)53-4)45(3)36-41(29)15-18-47-16-10-14-40(7-2,35(41)47)37(49)43(36,52)25-48/h8-12,14,19-20,26,35-37,44,48-49,51-52H,6-7,13,15-18,21-25H2,1-5H3/t26-,35+,36-,37-,39+,40-,41-,42+,43+/m1/s1. The van der Waals surface area contributed by atoms with Crippen molar-refractivity contribution in [1.29, 1.82) is 0 Å². The first-order valence-corrected chi connectivity index (χ1v) is 19.9. The molecule has 290 valence electrons. The zero-order valence-corrected chi connectivity index (χ0v) is 32.3. The van der Waals surface area contributed by atoms with Crippen LogP contribution in [0.25, 0.3) is 10.9 Å². The van der Waals surface area contributed by atoms with Crippen molar-refractivity contribution in [1.82, 2.24) is 14.8 Å². The summed E-state index contributed by atoms with van der Waals surface area (Å²) in [5.41, 5.74) is -0.260. The van der Waals surface area contributed by atoms with Crippen LogP contribution in [-0.2, 0) is 26.8 Å². The second-order valence-corrected chi connectivity index (χ2v) is 17.4. The van der Waals surface area contributed by atoms with E-state index < -0.39 is 52.2 Å². The lowest BCUT2D eigenvalue weighted by Crippen LogP contribution is -2.79. The molecule has 10 atom stereocenters. The number of nitrogens with one attached hydrogen (secondary N) is 1. The summed E-state index contributed by atoms with van der Waals surface area (Å²) >= 11 is 0. The number of aromatic amines is 1. The number of esters is 1. The molecule has 6 aliphatic rings. The summed E-state index contributed by atoms with van der Waals surface area (Å²) in [5.74, 6) is 0.0845. The van der Waals surface area contributed by atoms with E-state index in [0.29, 0.717) is 56.4 Å². The summed E-state index contributed by atoms with van der Waals surface area (Å²) in [6.45, 7) is 7.07. The summed E-state index contributed by atoms with van der Waals surface area (Å²) in [7, 11) is 5.04. The molecular formula is C43H56N4O7. The van der Waals surface area contributed by atoms with Crippen molar-refractivity contribution in [2.75, 3.05) is 65.5 Å². The highest BCUT2D eigenvalue weighted by molar-refractivity contribution is 5.94. The third kappa shape index (κ3) is 4.42. The van der Waals surface area contributed by atoms with Crippen LogP contribution in [0, 0.1) is 11.3 Å². The molecular weight excluding hydrogens is 684 g/mol. The molecule has 9 rings (SSSR count). The van der Waals surface area contributed by atoms with Gasteiger partial charge in [0.2, 0.25) is 0 Å². The Balaban J connectivity index is 1.36. The fourth-order valence-electron chi connectivity index (χ4n) is 13.1. The Morgan fingerprint density at radius 2 is 1.83 bits per heavy atom. The molecule has 0 radical (unpaired) electrons. The molecule has 11 heteroatoms. The van der Waals surface area contributed by atoms with Crippen molar-refractivity contribution in [3.05, 3.63) is 70.9 Å². The molecule has 54 heavy (non-hydrogen) atoms. The van der Waals surface area contributed by atoms with Gasteiger partial charge in [-0.1, -0.05) is 44.2 Å². The van der Waals surface area contributed by atoms with Crippen LogP contribution in [0.5, 0.6) is 5.75 Å². The second-order valence-electron chi connectivity index (χ2n) is 17.4. The first kappa shape index (κ1) is 36.2. The van der Waals surface area contributed by atoms with E-state index in [1.54, 1.807) is 7.11 Å². The molecule has 3 aromatic rings. The monoisotopic (exact) mass is 740 g/mol. The molecule has 2 aromatic carbocycles. The Kier molecular flexibility index (Phi) is 8.23.